The minimum Gasteiger partial charge on any atom is -0.456 e. The topological polar surface area (TPSA) is 19.6 Å². The van der Waals surface area contributed by atoms with E-state index in [1.165, 1.54) is 148 Å². The Morgan fingerprint density at radius 2 is 0.570 bits per heavy atom. The molecule has 107 heavy (non-hydrogen) atoms. The van der Waals surface area contributed by atoms with Crippen LogP contribution >= 0.6 is 0 Å². The second kappa shape index (κ2) is 25.1. The molecule has 1 aromatic heterocycles. The van der Waals surface area contributed by atoms with Crippen LogP contribution in [0.3, 0.4) is 0 Å². The van der Waals surface area contributed by atoms with E-state index in [0.29, 0.717) is 0 Å². The highest BCUT2D eigenvalue weighted by molar-refractivity contribution is 6.13. The third kappa shape index (κ3) is 9.98. The van der Waals surface area contributed by atoms with Crippen LogP contribution in [0.4, 0.5) is 34.1 Å². The van der Waals surface area contributed by atoms with Crippen molar-refractivity contribution in [2.75, 3.05) is 9.80 Å². The summed E-state index contributed by atoms with van der Waals surface area (Å²) in [4.78, 5) is 4.84. The molecule has 0 saturated heterocycles. The Labute approximate surface area is 628 Å². The van der Waals surface area contributed by atoms with Crippen molar-refractivity contribution >= 4 is 56.1 Å². The first kappa shape index (κ1) is 62.8. The van der Waals surface area contributed by atoms with Crippen molar-refractivity contribution in [3.05, 3.63) is 362 Å². The smallest absolute Gasteiger partial charge is 0.137 e. The van der Waals surface area contributed by atoms with Crippen LogP contribution in [0.2, 0.25) is 0 Å². The average molecular weight is 1380 g/mol. The molecule has 0 radical (unpaired) electrons. The third-order valence-corrected chi connectivity index (χ3v) is 27.3. The maximum Gasteiger partial charge on any atom is 0.137 e. The molecule has 25 rings (SSSR count). The zero-order valence-corrected chi connectivity index (χ0v) is 60.3. The van der Waals surface area contributed by atoms with E-state index in [9.17, 15) is 0 Å². The summed E-state index contributed by atoms with van der Waals surface area (Å²) in [7, 11) is 0. The van der Waals surface area contributed by atoms with Crippen molar-refractivity contribution in [1.82, 2.24) is 0 Å². The minimum atomic E-state index is 0.185. The molecule has 10 aliphatic rings. The van der Waals surface area contributed by atoms with Gasteiger partial charge in [-0.05, 0) is 291 Å². The van der Waals surface area contributed by atoms with E-state index in [2.05, 4.69) is 343 Å². The summed E-state index contributed by atoms with van der Waals surface area (Å²) < 4.78 is 6.39. The highest BCUT2D eigenvalue weighted by Crippen LogP contribution is 2.71. The summed E-state index contributed by atoms with van der Waals surface area (Å²) in [6.45, 7) is 0. The molecule has 0 aliphatic heterocycles. The van der Waals surface area contributed by atoms with E-state index in [1.807, 2.05) is 6.07 Å². The van der Waals surface area contributed by atoms with Crippen molar-refractivity contribution in [1.29, 1.82) is 0 Å². The molecule has 10 aliphatic carbocycles. The molecule has 8 bridgehead atoms. The lowest BCUT2D eigenvalue weighted by atomic mass is 9.43. The molecule has 0 amide bonds. The molecule has 8 saturated carbocycles. The van der Waals surface area contributed by atoms with E-state index in [4.69, 9.17) is 4.42 Å². The fourth-order valence-corrected chi connectivity index (χ4v) is 23.5. The van der Waals surface area contributed by atoms with Gasteiger partial charge in [0.15, 0.2) is 0 Å². The van der Waals surface area contributed by atoms with Gasteiger partial charge in [-0.25, -0.2) is 0 Å². The standard InChI is InChI=1S/C52H41NO.C52H43N/c1-2-10-35(11-3-1)37-12-8-13-42(31-37)53(48-17-9-19-50-51(48)44-15-5-7-18-49(44)54-50)41-23-20-36(21-24-41)38-22-25-47-45(32-38)43-14-4-6-16-46(43)52(47)39-27-33-26-34(29-39)30-40(52)28-33;1-3-11-37(12-4-1)39-19-24-44(25-20-39)53(45-26-21-40(22-27-45)38-13-5-2-6-14-38)51-18-10-8-15-46(51)41-23-28-50-48(34-41)47-16-7-9-17-49(47)52(50)42-30-35-29-36(32-42)33-43(52)31-35/h1-25,31-34,39-40H,26-30H2;1-28,34-36,42-43H,29-33H2. The first-order valence-electron chi connectivity index (χ1n) is 39.6. The molecule has 15 aromatic rings. The molecular formula is C104H84N2O. The van der Waals surface area contributed by atoms with Crippen molar-refractivity contribution in [3.63, 3.8) is 0 Å². The number of anilines is 6. The SMILES string of the molecule is c1ccc(-c2ccc(N(c3ccc(-c4ccccc4)cc3)c3ccccc3-c3ccc4c(c3)-c3ccccc3C43C4CC5CC(C4)CC3C5)cc2)cc1.c1ccc(-c2cccc(N(c3ccc(-c4ccc5c(c4)-c4ccccc4C54C5CC6CC(C5)CC4C6)cc3)c3cccc4oc5ccccc5c34)c2)cc1. The Kier molecular flexibility index (Phi) is 14.7. The summed E-state index contributed by atoms with van der Waals surface area (Å²) >= 11 is 0. The Bertz CT molecular complexity index is 5770. The van der Waals surface area contributed by atoms with Crippen LogP contribution < -0.4 is 9.80 Å². The quantitative estimate of drug-likeness (QED) is 0.129. The Hall–Kier alpha value is -11.5. The van der Waals surface area contributed by atoms with Crippen molar-refractivity contribution in [2.45, 2.75) is 75.0 Å². The van der Waals surface area contributed by atoms with E-state index in [0.717, 1.165) is 97.7 Å². The van der Waals surface area contributed by atoms with Crippen LogP contribution in [0.5, 0.6) is 0 Å². The summed E-state index contributed by atoms with van der Waals surface area (Å²) in [5, 5.41) is 2.25. The molecule has 14 aromatic carbocycles. The zero-order valence-electron chi connectivity index (χ0n) is 60.3. The van der Waals surface area contributed by atoms with Crippen LogP contribution in [-0.4, -0.2) is 0 Å². The van der Waals surface area contributed by atoms with Crippen LogP contribution in [0.25, 0.3) is 99.8 Å². The van der Waals surface area contributed by atoms with E-state index in [1.54, 1.807) is 22.3 Å². The van der Waals surface area contributed by atoms with E-state index >= 15 is 0 Å². The number of fused-ring (bicyclic) bond motifs is 9. The summed E-state index contributed by atoms with van der Waals surface area (Å²) in [6, 6.07) is 126. The van der Waals surface area contributed by atoms with E-state index < -0.39 is 0 Å². The molecule has 0 unspecified atom stereocenters. The van der Waals surface area contributed by atoms with Crippen LogP contribution in [-0.2, 0) is 10.8 Å². The molecule has 516 valence electrons. The van der Waals surface area contributed by atoms with Gasteiger partial charge in [0.05, 0.1) is 16.8 Å². The number of hydrogen-bond donors (Lipinski definition) is 0. The minimum absolute atomic E-state index is 0.185. The van der Waals surface area contributed by atoms with Gasteiger partial charge in [-0.3, -0.25) is 0 Å². The highest BCUT2D eigenvalue weighted by atomic mass is 16.3. The first-order chi connectivity index (χ1) is 53.0. The van der Waals surface area contributed by atoms with Gasteiger partial charge < -0.3 is 14.2 Å². The zero-order chi connectivity index (χ0) is 70.3. The first-order valence-corrected chi connectivity index (χ1v) is 39.6. The lowest BCUT2D eigenvalue weighted by molar-refractivity contribution is -0.0399. The summed E-state index contributed by atoms with van der Waals surface area (Å²) in [6.07, 6.45) is 14.3. The van der Waals surface area contributed by atoms with Gasteiger partial charge >= 0.3 is 0 Å². The second-order valence-electron chi connectivity index (χ2n) is 32.7. The van der Waals surface area contributed by atoms with Crippen LogP contribution in [0, 0.1) is 47.3 Å². The van der Waals surface area contributed by atoms with Crippen LogP contribution in [0.1, 0.15) is 86.5 Å². The molecule has 8 fully saturated rings. The number of benzene rings is 14. The largest absolute Gasteiger partial charge is 0.456 e. The lowest BCUT2D eigenvalue weighted by Gasteiger charge is -2.61. The molecule has 0 atom stereocenters. The second-order valence-corrected chi connectivity index (χ2v) is 32.7. The molecular weight excluding hydrogens is 1290 g/mol. The fraction of sp³-hybridized carbons (Fsp3) is 0.192. The number of hydrogen-bond acceptors (Lipinski definition) is 3. The third-order valence-electron chi connectivity index (χ3n) is 27.3. The summed E-state index contributed by atoms with van der Waals surface area (Å²) in [5.41, 5.74) is 33.7. The molecule has 0 N–H and O–H groups in total. The number of furan rings is 1. The predicted molar refractivity (Wildman–Crippen MR) is 443 cm³/mol. The normalized spacial score (nSPS) is 23.2. The van der Waals surface area contributed by atoms with Gasteiger partial charge in [0.2, 0.25) is 0 Å². The number of para-hydroxylation sites is 2. The Morgan fingerprint density at radius 3 is 1.09 bits per heavy atom. The molecule has 2 spiro atoms. The van der Waals surface area contributed by atoms with Crippen molar-refractivity contribution < 1.29 is 4.42 Å². The van der Waals surface area contributed by atoms with Gasteiger partial charge in [-0.1, -0.05) is 255 Å². The fourth-order valence-electron chi connectivity index (χ4n) is 23.5. The predicted octanol–water partition coefficient (Wildman–Crippen LogP) is 28.0. The van der Waals surface area contributed by atoms with Gasteiger partial charge in [0, 0.05) is 44.5 Å². The lowest BCUT2D eigenvalue weighted by Crippen LogP contribution is -2.55. The molecule has 3 nitrogen and oxygen atoms in total. The van der Waals surface area contributed by atoms with E-state index in [-0.39, 0.29) is 10.8 Å². The molecule has 3 heteroatoms. The number of rotatable bonds is 11. The van der Waals surface area contributed by atoms with Gasteiger partial charge in [0.25, 0.3) is 0 Å². The number of nitrogens with zero attached hydrogens (tertiary/aromatic N) is 2. The van der Waals surface area contributed by atoms with Crippen LogP contribution in [0.15, 0.2) is 344 Å². The monoisotopic (exact) mass is 1380 g/mol. The van der Waals surface area contributed by atoms with Gasteiger partial charge in [-0.2, -0.15) is 0 Å². The average Bonchev–Trinajstić information content (AvgIpc) is 1.57. The Balaban J connectivity index is 0.000000133. The maximum absolute atomic E-state index is 6.39. The van der Waals surface area contributed by atoms with Crippen molar-refractivity contribution in [2.24, 2.45) is 47.3 Å². The van der Waals surface area contributed by atoms with Gasteiger partial charge in [0.1, 0.15) is 11.2 Å². The maximum atomic E-state index is 6.39. The van der Waals surface area contributed by atoms with Gasteiger partial charge in [-0.15, -0.1) is 0 Å². The van der Waals surface area contributed by atoms with Crippen molar-refractivity contribution in [3.8, 4) is 77.9 Å². The summed E-state index contributed by atoms with van der Waals surface area (Å²) in [5.74, 6) is 6.90. The Morgan fingerprint density at radius 1 is 0.224 bits per heavy atom. The molecule has 1 heterocycles. The highest BCUT2D eigenvalue weighted by Gasteiger charge is 2.63.